The maximum atomic E-state index is 5.51. The van der Waals surface area contributed by atoms with E-state index in [4.69, 9.17) is 4.42 Å². The van der Waals surface area contributed by atoms with Crippen LogP contribution in [0.25, 0.3) is 0 Å². The average molecular weight is 206 g/mol. The van der Waals surface area contributed by atoms with E-state index in [2.05, 4.69) is 28.4 Å². The van der Waals surface area contributed by atoms with Gasteiger partial charge in [-0.15, -0.1) is 0 Å². The molecule has 1 aromatic heterocycles. The molecule has 1 aromatic rings. The molecule has 3 nitrogen and oxygen atoms in total. The second kappa shape index (κ2) is 5.14. The minimum Gasteiger partial charge on any atom is -0.468 e. The van der Waals surface area contributed by atoms with E-state index in [1.165, 1.54) is 5.56 Å². The Bertz CT molecular complexity index is 330. The Hall–Kier alpha value is -1.06. The molecule has 3 heteroatoms. The number of nitrogens with one attached hydrogen (secondary N) is 1. The van der Waals surface area contributed by atoms with Gasteiger partial charge < -0.3 is 9.73 Å². The molecule has 15 heavy (non-hydrogen) atoms. The zero-order chi connectivity index (χ0) is 10.5. The summed E-state index contributed by atoms with van der Waals surface area (Å²) in [5.41, 5.74) is 1.22. The van der Waals surface area contributed by atoms with Gasteiger partial charge in [0, 0.05) is 25.2 Å². The first-order chi connectivity index (χ1) is 7.38. The number of furan rings is 1. The highest BCUT2D eigenvalue weighted by atomic mass is 16.3. The topological polar surface area (TPSA) is 28.4 Å². The van der Waals surface area contributed by atoms with Crippen molar-refractivity contribution in [2.45, 2.75) is 19.5 Å². The fourth-order valence-corrected chi connectivity index (χ4v) is 1.86. The summed E-state index contributed by atoms with van der Waals surface area (Å²) < 4.78 is 5.51. The van der Waals surface area contributed by atoms with Crippen molar-refractivity contribution in [1.29, 1.82) is 0 Å². The van der Waals surface area contributed by atoms with Crippen molar-refractivity contribution < 1.29 is 4.42 Å². The Balaban J connectivity index is 1.89. The van der Waals surface area contributed by atoms with Crippen molar-refractivity contribution in [3.8, 4) is 0 Å². The quantitative estimate of drug-likeness (QED) is 0.761. The molecular weight excluding hydrogens is 188 g/mol. The summed E-state index contributed by atoms with van der Waals surface area (Å²) in [5.74, 6) is 1.07. The van der Waals surface area contributed by atoms with Crippen LogP contribution in [0, 0.1) is 0 Å². The maximum absolute atomic E-state index is 5.51. The first-order valence-electron chi connectivity index (χ1n) is 5.47. The molecule has 1 aliphatic heterocycles. The monoisotopic (exact) mass is 206 g/mol. The Morgan fingerprint density at radius 1 is 1.47 bits per heavy atom. The highest BCUT2D eigenvalue weighted by Gasteiger charge is 2.09. The molecule has 0 bridgehead atoms. The predicted octanol–water partition coefficient (Wildman–Crippen LogP) is 1.76. The van der Waals surface area contributed by atoms with E-state index in [0.717, 1.165) is 38.4 Å². The zero-order valence-corrected chi connectivity index (χ0v) is 9.20. The Kier molecular flexibility index (Phi) is 3.59. The zero-order valence-electron chi connectivity index (χ0n) is 9.20. The van der Waals surface area contributed by atoms with Gasteiger partial charge in [-0.05, 0) is 19.5 Å². The molecule has 0 spiro atoms. The molecule has 0 radical (unpaired) electrons. The summed E-state index contributed by atoms with van der Waals surface area (Å²) in [5, 5.41) is 3.12. The SMILES string of the molecule is CNCc1coc(CN2CC=CCC2)c1. The van der Waals surface area contributed by atoms with Crippen LogP contribution >= 0.6 is 0 Å². The molecular formula is C12H18N2O. The van der Waals surface area contributed by atoms with Crippen molar-refractivity contribution >= 4 is 0 Å². The molecule has 0 aromatic carbocycles. The van der Waals surface area contributed by atoms with Crippen LogP contribution in [-0.4, -0.2) is 25.0 Å². The first kappa shape index (κ1) is 10.5. The highest BCUT2D eigenvalue weighted by Crippen LogP contribution is 2.12. The second-order valence-electron chi connectivity index (χ2n) is 3.95. The third kappa shape index (κ3) is 2.94. The summed E-state index contributed by atoms with van der Waals surface area (Å²) >= 11 is 0. The summed E-state index contributed by atoms with van der Waals surface area (Å²) in [6.45, 7) is 3.98. The van der Waals surface area contributed by atoms with E-state index >= 15 is 0 Å². The van der Waals surface area contributed by atoms with Gasteiger partial charge in [0.2, 0.25) is 0 Å². The van der Waals surface area contributed by atoms with Crippen LogP contribution in [-0.2, 0) is 13.1 Å². The second-order valence-corrected chi connectivity index (χ2v) is 3.95. The largest absolute Gasteiger partial charge is 0.468 e. The molecule has 1 aliphatic rings. The van der Waals surface area contributed by atoms with Gasteiger partial charge >= 0.3 is 0 Å². The van der Waals surface area contributed by atoms with Crippen LogP contribution in [0.1, 0.15) is 17.7 Å². The molecule has 2 heterocycles. The first-order valence-corrected chi connectivity index (χ1v) is 5.47. The number of nitrogens with zero attached hydrogens (tertiary/aromatic N) is 1. The number of hydrogen-bond donors (Lipinski definition) is 1. The third-order valence-corrected chi connectivity index (χ3v) is 2.61. The van der Waals surface area contributed by atoms with Crippen molar-refractivity contribution in [2.75, 3.05) is 20.1 Å². The molecule has 1 N–H and O–H groups in total. The van der Waals surface area contributed by atoms with Gasteiger partial charge in [0.15, 0.2) is 0 Å². The van der Waals surface area contributed by atoms with Crippen LogP contribution in [0.2, 0.25) is 0 Å². The van der Waals surface area contributed by atoms with Crippen molar-refractivity contribution in [3.63, 3.8) is 0 Å². The van der Waals surface area contributed by atoms with Crippen molar-refractivity contribution in [3.05, 3.63) is 35.8 Å². The minimum absolute atomic E-state index is 0.878. The molecule has 82 valence electrons. The van der Waals surface area contributed by atoms with E-state index in [-0.39, 0.29) is 0 Å². The Morgan fingerprint density at radius 2 is 2.40 bits per heavy atom. The fourth-order valence-electron chi connectivity index (χ4n) is 1.86. The maximum Gasteiger partial charge on any atom is 0.118 e. The summed E-state index contributed by atoms with van der Waals surface area (Å²) in [4.78, 5) is 2.39. The third-order valence-electron chi connectivity index (χ3n) is 2.61. The van der Waals surface area contributed by atoms with Crippen LogP contribution in [0.5, 0.6) is 0 Å². The molecule has 2 rings (SSSR count). The van der Waals surface area contributed by atoms with Crippen LogP contribution < -0.4 is 5.32 Å². The smallest absolute Gasteiger partial charge is 0.118 e. The van der Waals surface area contributed by atoms with Crippen molar-refractivity contribution in [2.24, 2.45) is 0 Å². The Morgan fingerprint density at radius 3 is 3.13 bits per heavy atom. The lowest BCUT2D eigenvalue weighted by atomic mass is 10.2. The van der Waals surface area contributed by atoms with Crippen LogP contribution in [0.3, 0.4) is 0 Å². The lowest BCUT2D eigenvalue weighted by Gasteiger charge is -2.21. The molecule has 0 fully saturated rings. The fraction of sp³-hybridized carbons (Fsp3) is 0.500. The lowest BCUT2D eigenvalue weighted by Crippen LogP contribution is -2.26. The molecule has 0 unspecified atom stereocenters. The predicted molar refractivity (Wildman–Crippen MR) is 60.5 cm³/mol. The molecule has 0 amide bonds. The van der Waals surface area contributed by atoms with E-state index in [9.17, 15) is 0 Å². The average Bonchev–Trinajstić information content (AvgIpc) is 2.68. The van der Waals surface area contributed by atoms with Gasteiger partial charge in [-0.2, -0.15) is 0 Å². The van der Waals surface area contributed by atoms with Crippen molar-refractivity contribution in [1.82, 2.24) is 10.2 Å². The van der Waals surface area contributed by atoms with Gasteiger partial charge in [0.25, 0.3) is 0 Å². The minimum atomic E-state index is 0.878. The van der Waals surface area contributed by atoms with Gasteiger partial charge in [-0.25, -0.2) is 0 Å². The summed E-state index contributed by atoms with van der Waals surface area (Å²) in [6.07, 6.45) is 7.46. The molecule has 0 saturated carbocycles. The summed E-state index contributed by atoms with van der Waals surface area (Å²) in [7, 11) is 1.95. The highest BCUT2D eigenvalue weighted by molar-refractivity contribution is 5.12. The summed E-state index contributed by atoms with van der Waals surface area (Å²) in [6, 6.07) is 2.13. The number of rotatable bonds is 4. The number of hydrogen-bond acceptors (Lipinski definition) is 3. The van der Waals surface area contributed by atoms with Gasteiger partial charge in [-0.3, -0.25) is 4.90 Å². The van der Waals surface area contributed by atoms with Gasteiger partial charge in [-0.1, -0.05) is 12.2 Å². The van der Waals surface area contributed by atoms with Crippen LogP contribution in [0.15, 0.2) is 28.9 Å². The molecule has 0 aliphatic carbocycles. The molecule has 0 atom stereocenters. The Labute approximate surface area is 90.8 Å². The van der Waals surface area contributed by atoms with Gasteiger partial charge in [0.05, 0.1) is 12.8 Å². The van der Waals surface area contributed by atoms with E-state index < -0.39 is 0 Å². The van der Waals surface area contributed by atoms with Crippen LogP contribution in [0.4, 0.5) is 0 Å². The normalized spacial score (nSPS) is 17.1. The van der Waals surface area contributed by atoms with E-state index in [1.807, 2.05) is 13.3 Å². The van der Waals surface area contributed by atoms with E-state index in [1.54, 1.807) is 0 Å². The van der Waals surface area contributed by atoms with E-state index in [0.29, 0.717) is 0 Å². The lowest BCUT2D eigenvalue weighted by molar-refractivity contribution is 0.265. The standard InChI is InChI=1S/C12H18N2O/c1-13-8-11-7-12(15-10-11)9-14-5-3-2-4-6-14/h2-3,7,10,13H,4-6,8-9H2,1H3. The molecule has 0 saturated heterocycles. The van der Waals surface area contributed by atoms with Gasteiger partial charge in [0.1, 0.15) is 5.76 Å².